The number of hydrogen-bond acceptors (Lipinski definition) is 2. The fourth-order valence-corrected chi connectivity index (χ4v) is 3.34. The van der Waals surface area contributed by atoms with E-state index in [-0.39, 0.29) is 11.9 Å². The first-order valence-electron chi connectivity index (χ1n) is 9.30. The highest BCUT2D eigenvalue weighted by Crippen LogP contribution is 2.22. The standard InChI is InChI=1S/C23H27N3O/c1-15-12-17(3)22(13-16(15)2)18(4)25-23(27)21-8-6-20(7-9-21)14-26-11-10-24-19(26)5/h6-13,18H,14H2,1-5H3,(H,25,27)/t18-/m0/s1. The summed E-state index contributed by atoms with van der Waals surface area (Å²) in [6.07, 6.45) is 3.76. The van der Waals surface area contributed by atoms with Gasteiger partial charge in [-0.15, -0.1) is 0 Å². The van der Waals surface area contributed by atoms with Crippen LogP contribution in [0.25, 0.3) is 0 Å². The van der Waals surface area contributed by atoms with Crippen molar-refractivity contribution in [1.29, 1.82) is 0 Å². The van der Waals surface area contributed by atoms with E-state index in [4.69, 9.17) is 0 Å². The van der Waals surface area contributed by atoms with Crippen LogP contribution in [-0.4, -0.2) is 15.5 Å². The van der Waals surface area contributed by atoms with Crippen LogP contribution in [0.1, 0.15) is 57.0 Å². The predicted octanol–water partition coefficient (Wildman–Crippen LogP) is 4.66. The quantitative estimate of drug-likeness (QED) is 0.719. The lowest BCUT2D eigenvalue weighted by atomic mass is 9.96. The molecule has 0 bridgehead atoms. The van der Waals surface area contributed by atoms with Crippen LogP contribution < -0.4 is 5.32 Å². The number of rotatable bonds is 5. The van der Waals surface area contributed by atoms with Gasteiger partial charge in [-0.3, -0.25) is 4.79 Å². The van der Waals surface area contributed by atoms with Crippen molar-refractivity contribution in [2.24, 2.45) is 0 Å². The Bertz CT molecular complexity index is 954. The molecule has 1 amide bonds. The molecule has 2 aromatic carbocycles. The number of benzene rings is 2. The summed E-state index contributed by atoms with van der Waals surface area (Å²) in [4.78, 5) is 16.9. The van der Waals surface area contributed by atoms with Gasteiger partial charge in [0.15, 0.2) is 0 Å². The van der Waals surface area contributed by atoms with Gasteiger partial charge in [0.25, 0.3) is 5.91 Å². The molecule has 140 valence electrons. The highest BCUT2D eigenvalue weighted by atomic mass is 16.1. The van der Waals surface area contributed by atoms with Crippen molar-refractivity contribution in [2.45, 2.75) is 47.2 Å². The van der Waals surface area contributed by atoms with Crippen molar-refractivity contribution in [2.75, 3.05) is 0 Å². The number of carbonyl (C=O) groups excluding carboxylic acids is 1. The highest BCUT2D eigenvalue weighted by Gasteiger charge is 2.14. The molecular formula is C23H27N3O. The SMILES string of the molecule is Cc1cc(C)c([C@H](C)NC(=O)c2ccc(Cn3ccnc3C)cc2)cc1C. The van der Waals surface area contributed by atoms with E-state index in [1.807, 2.05) is 44.3 Å². The smallest absolute Gasteiger partial charge is 0.251 e. The van der Waals surface area contributed by atoms with Crippen LogP contribution in [0.4, 0.5) is 0 Å². The number of aryl methyl sites for hydroxylation is 4. The predicted molar refractivity (Wildman–Crippen MR) is 109 cm³/mol. The van der Waals surface area contributed by atoms with Crippen LogP contribution in [0.5, 0.6) is 0 Å². The lowest BCUT2D eigenvalue weighted by molar-refractivity contribution is 0.0940. The first kappa shape index (κ1) is 18.9. The monoisotopic (exact) mass is 361 g/mol. The summed E-state index contributed by atoms with van der Waals surface area (Å²) < 4.78 is 2.08. The van der Waals surface area contributed by atoms with Crippen molar-refractivity contribution in [3.63, 3.8) is 0 Å². The second-order valence-corrected chi connectivity index (χ2v) is 7.29. The number of carbonyl (C=O) groups is 1. The number of nitrogens with zero attached hydrogens (tertiary/aromatic N) is 2. The molecule has 0 unspecified atom stereocenters. The zero-order valence-electron chi connectivity index (χ0n) is 16.7. The zero-order chi connectivity index (χ0) is 19.6. The van der Waals surface area contributed by atoms with Crippen LogP contribution in [0.2, 0.25) is 0 Å². The molecule has 1 N–H and O–H groups in total. The van der Waals surface area contributed by atoms with Crippen LogP contribution in [0.3, 0.4) is 0 Å². The molecule has 1 heterocycles. The maximum Gasteiger partial charge on any atom is 0.251 e. The molecule has 0 aliphatic heterocycles. The molecule has 0 saturated carbocycles. The molecule has 4 heteroatoms. The summed E-state index contributed by atoms with van der Waals surface area (Å²) in [6.45, 7) is 11.1. The van der Waals surface area contributed by atoms with Crippen molar-refractivity contribution < 1.29 is 4.79 Å². The number of imidazole rings is 1. The first-order chi connectivity index (χ1) is 12.8. The third-order valence-corrected chi connectivity index (χ3v) is 5.19. The molecule has 3 rings (SSSR count). The summed E-state index contributed by atoms with van der Waals surface area (Å²) in [5, 5.41) is 3.12. The summed E-state index contributed by atoms with van der Waals surface area (Å²) in [5.41, 5.74) is 6.71. The summed E-state index contributed by atoms with van der Waals surface area (Å²) >= 11 is 0. The normalized spacial score (nSPS) is 12.0. The van der Waals surface area contributed by atoms with Crippen LogP contribution >= 0.6 is 0 Å². The van der Waals surface area contributed by atoms with E-state index >= 15 is 0 Å². The Kier molecular flexibility index (Phi) is 5.45. The van der Waals surface area contributed by atoms with E-state index in [9.17, 15) is 4.79 Å². The molecule has 0 fully saturated rings. The molecular weight excluding hydrogens is 334 g/mol. The molecule has 4 nitrogen and oxygen atoms in total. The molecule has 3 aromatic rings. The fourth-order valence-electron chi connectivity index (χ4n) is 3.34. The van der Waals surface area contributed by atoms with Crippen LogP contribution in [-0.2, 0) is 6.54 Å². The Morgan fingerprint density at radius 3 is 2.33 bits per heavy atom. The maximum absolute atomic E-state index is 12.6. The van der Waals surface area contributed by atoms with E-state index in [0.717, 1.165) is 17.9 Å². The first-order valence-corrected chi connectivity index (χ1v) is 9.30. The summed E-state index contributed by atoms with van der Waals surface area (Å²) in [7, 11) is 0. The minimum Gasteiger partial charge on any atom is -0.346 e. The Balaban J connectivity index is 1.69. The molecule has 0 saturated heterocycles. The Morgan fingerprint density at radius 1 is 1.04 bits per heavy atom. The second kappa shape index (κ2) is 7.78. The maximum atomic E-state index is 12.6. The molecule has 0 aliphatic rings. The van der Waals surface area contributed by atoms with Gasteiger partial charge in [-0.25, -0.2) is 4.98 Å². The van der Waals surface area contributed by atoms with Gasteiger partial charge >= 0.3 is 0 Å². The molecule has 1 atom stereocenters. The van der Waals surface area contributed by atoms with Gasteiger partial charge in [-0.05, 0) is 74.6 Å². The molecule has 0 aliphatic carbocycles. The van der Waals surface area contributed by atoms with E-state index < -0.39 is 0 Å². The number of nitrogens with one attached hydrogen (secondary N) is 1. The van der Waals surface area contributed by atoms with Gasteiger partial charge < -0.3 is 9.88 Å². The Hall–Kier alpha value is -2.88. The van der Waals surface area contributed by atoms with Crippen molar-refractivity contribution in [3.05, 3.63) is 88.0 Å². The number of aromatic nitrogens is 2. The van der Waals surface area contributed by atoms with E-state index in [1.165, 1.54) is 22.3 Å². The topological polar surface area (TPSA) is 46.9 Å². The average Bonchev–Trinajstić information content (AvgIpc) is 3.03. The van der Waals surface area contributed by atoms with Gasteiger partial charge in [0.05, 0.1) is 6.04 Å². The average molecular weight is 361 g/mol. The molecule has 0 spiro atoms. The van der Waals surface area contributed by atoms with E-state index in [2.05, 4.69) is 47.8 Å². The Labute approximate surface area is 161 Å². The highest BCUT2D eigenvalue weighted by molar-refractivity contribution is 5.94. The van der Waals surface area contributed by atoms with Gasteiger partial charge in [-0.1, -0.05) is 24.3 Å². The molecule has 27 heavy (non-hydrogen) atoms. The summed E-state index contributed by atoms with van der Waals surface area (Å²) in [6, 6.07) is 12.1. The van der Waals surface area contributed by atoms with Gasteiger partial charge in [-0.2, -0.15) is 0 Å². The van der Waals surface area contributed by atoms with Crippen molar-refractivity contribution in [3.8, 4) is 0 Å². The minimum atomic E-state index is -0.0505. The van der Waals surface area contributed by atoms with Crippen molar-refractivity contribution in [1.82, 2.24) is 14.9 Å². The Morgan fingerprint density at radius 2 is 1.70 bits per heavy atom. The molecule has 0 radical (unpaired) electrons. The van der Waals surface area contributed by atoms with Crippen LogP contribution in [0, 0.1) is 27.7 Å². The second-order valence-electron chi connectivity index (χ2n) is 7.29. The molecule has 1 aromatic heterocycles. The van der Waals surface area contributed by atoms with E-state index in [0.29, 0.717) is 5.56 Å². The zero-order valence-corrected chi connectivity index (χ0v) is 16.7. The van der Waals surface area contributed by atoms with Gasteiger partial charge in [0.1, 0.15) is 5.82 Å². The number of amides is 1. The third-order valence-electron chi connectivity index (χ3n) is 5.19. The van der Waals surface area contributed by atoms with Gasteiger partial charge in [0.2, 0.25) is 0 Å². The lowest BCUT2D eigenvalue weighted by Crippen LogP contribution is -2.27. The fraction of sp³-hybridized carbons (Fsp3) is 0.304. The number of hydrogen-bond donors (Lipinski definition) is 1. The van der Waals surface area contributed by atoms with Gasteiger partial charge in [0, 0.05) is 24.5 Å². The largest absolute Gasteiger partial charge is 0.346 e. The van der Waals surface area contributed by atoms with E-state index in [1.54, 1.807) is 6.20 Å². The summed E-state index contributed by atoms with van der Waals surface area (Å²) in [5.74, 6) is 0.930. The minimum absolute atomic E-state index is 0.0370. The van der Waals surface area contributed by atoms with Crippen LogP contribution in [0.15, 0.2) is 48.8 Å². The van der Waals surface area contributed by atoms with Crippen molar-refractivity contribution >= 4 is 5.91 Å². The third kappa shape index (κ3) is 4.27. The lowest BCUT2D eigenvalue weighted by Gasteiger charge is -2.18.